The van der Waals surface area contributed by atoms with E-state index in [1.165, 1.54) is 4.68 Å². The van der Waals surface area contributed by atoms with Crippen LogP contribution in [0.3, 0.4) is 0 Å². The van der Waals surface area contributed by atoms with Gasteiger partial charge in [0.15, 0.2) is 14.9 Å². The number of hydrogen-bond donors (Lipinski definition) is 0. The van der Waals surface area contributed by atoms with Crippen LogP contribution in [-0.2, 0) is 26.5 Å². The van der Waals surface area contributed by atoms with E-state index in [0.29, 0.717) is 36.5 Å². The molecule has 0 unspecified atom stereocenters. The Morgan fingerprint density at radius 1 is 1.08 bits per heavy atom. The summed E-state index contributed by atoms with van der Waals surface area (Å²) in [4.78, 5) is 29.1. The fourth-order valence-corrected chi connectivity index (χ4v) is 6.36. The van der Waals surface area contributed by atoms with Gasteiger partial charge in [0.05, 0.1) is 12.8 Å². The first-order chi connectivity index (χ1) is 18.0. The summed E-state index contributed by atoms with van der Waals surface area (Å²) in [6.07, 6.45) is 4.65. The fraction of sp³-hybridized carbons (Fsp3) is 0.393. The lowest BCUT2D eigenvalue weighted by atomic mass is 9.64. The second kappa shape index (κ2) is 9.58. The van der Waals surface area contributed by atoms with Gasteiger partial charge in [0.25, 0.3) is 5.91 Å². The standard InChI is InChI=1S/C28H32N4O5S/c1-19(33)30(2)18-28(15-5-16-28)20-6-8-21(9-7-20)31-17-14-24-25(27(31)34)32(29-26(24)38(4,35)36)22-10-12-23(37-3)13-11-22/h6-13H,5,14-18H2,1-4H3. The Morgan fingerprint density at radius 2 is 1.71 bits per heavy atom. The van der Waals surface area contributed by atoms with E-state index < -0.39 is 9.84 Å². The minimum atomic E-state index is -3.64. The van der Waals surface area contributed by atoms with Gasteiger partial charge in [-0.15, -0.1) is 0 Å². The Kier molecular flexibility index (Phi) is 6.54. The molecule has 0 radical (unpaired) electrons. The molecule has 1 aliphatic heterocycles. The highest BCUT2D eigenvalue weighted by atomic mass is 32.2. The Hall–Kier alpha value is -3.66. The summed E-state index contributed by atoms with van der Waals surface area (Å²) < 4.78 is 31.8. The predicted octanol–water partition coefficient (Wildman–Crippen LogP) is 3.39. The van der Waals surface area contributed by atoms with Crippen molar-refractivity contribution in [3.63, 3.8) is 0 Å². The highest BCUT2D eigenvalue weighted by Crippen LogP contribution is 2.45. The maximum atomic E-state index is 13.8. The molecular formula is C28H32N4O5S. The molecular weight excluding hydrogens is 504 g/mol. The summed E-state index contributed by atoms with van der Waals surface area (Å²) in [5.74, 6) is 0.390. The normalized spacial score (nSPS) is 16.5. The number of rotatable bonds is 7. The zero-order valence-corrected chi connectivity index (χ0v) is 22.9. The molecule has 2 amide bonds. The first-order valence-electron chi connectivity index (χ1n) is 12.6. The van der Waals surface area contributed by atoms with E-state index in [2.05, 4.69) is 5.10 Å². The van der Waals surface area contributed by atoms with E-state index in [1.54, 1.807) is 48.1 Å². The van der Waals surface area contributed by atoms with E-state index in [-0.39, 0.29) is 27.9 Å². The van der Waals surface area contributed by atoms with Crippen LogP contribution in [0, 0.1) is 0 Å². The van der Waals surface area contributed by atoms with E-state index in [1.807, 2.05) is 31.3 Å². The SMILES string of the molecule is COc1ccc(-n2nc(S(C)(=O)=O)c3c2C(=O)N(c2ccc(C4(CN(C)C(C)=O)CCC4)cc2)CC3)cc1. The van der Waals surface area contributed by atoms with Crippen LogP contribution in [0.1, 0.15) is 47.8 Å². The largest absolute Gasteiger partial charge is 0.497 e. The second-order valence-electron chi connectivity index (χ2n) is 10.3. The number of methoxy groups -OCH3 is 1. The van der Waals surface area contributed by atoms with Gasteiger partial charge in [0.1, 0.15) is 11.4 Å². The Morgan fingerprint density at radius 3 is 2.24 bits per heavy atom. The van der Waals surface area contributed by atoms with E-state index in [0.717, 1.165) is 36.8 Å². The second-order valence-corrected chi connectivity index (χ2v) is 12.2. The van der Waals surface area contributed by atoms with Gasteiger partial charge in [-0.25, -0.2) is 13.1 Å². The third-order valence-corrected chi connectivity index (χ3v) is 8.86. The molecule has 2 heterocycles. The van der Waals surface area contributed by atoms with Crippen LogP contribution in [-0.4, -0.2) is 68.4 Å². The number of carbonyl (C=O) groups is 2. The lowest BCUT2D eigenvalue weighted by Gasteiger charge is -2.45. The first kappa shape index (κ1) is 26.0. The number of fused-ring (bicyclic) bond motifs is 1. The van der Waals surface area contributed by atoms with Crippen molar-refractivity contribution in [3.05, 3.63) is 65.4 Å². The Labute approximate surface area is 222 Å². The van der Waals surface area contributed by atoms with Crippen molar-refractivity contribution < 1.29 is 22.7 Å². The van der Waals surface area contributed by atoms with Crippen LogP contribution >= 0.6 is 0 Å². The zero-order chi connectivity index (χ0) is 27.2. The van der Waals surface area contributed by atoms with Crippen molar-refractivity contribution in [1.82, 2.24) is 14.7 Å². The van der Waals surface area contributed by atoms with Crippen molar-refractivity contribution in [2.24, 2.45) is 0 Å². The van der Waals surface area contributed by atoms with Gasteiger partial charge < -0.3 is 14.5 Å². The molecule has 3 aromatic rings. The molecule has 0 N–H and O–H groups in total. The number of likely N-dealkylation sites (N-methyl/N-ethyl adjacent to an activating group) is 1. The van der Waals surface area contributed by atoms with Crippen LogP contribution in [0.25, 0.3) is 5.69 Å². The van der Waals surface area contributed by atoms with Crippen molar-refractivity contribution in [3.8, 4) is 11.4 Å². The topological polar surface area (TPSA) is 102 Å². The van der Waals surface area contributed by atoms with Crippen LogP contribution in [0.15, 0.2) is 53.6 Å². The third-order valence-electron chi connectivity index (χ3n) is 7.83. The average molecular weight is 537 g/mol. The quantitative estimate of drug-likeness (QED) is 0.459. The molecule has 1 aromatic heterocycles. The van der Waals surface area contributed by atoms with E-state index in [4.69, 9.17) is 4.74 Å². The molecule has 1 fully saturated rings. The molecule has 0 bridgehead atoms. The van der Waals surface area contributed by atoms with Crippen molar-refractivity contribution >= 4 is 27.3 Å². The van der Waals surface area contributed by atoms with E-state index in [9.17, 15) is 18.0 Å². The third kappa shape index (κ3) is 4.47. The number of carbonyl (C=O) groups excluding carboxylic acids is 2. The maximum absolute atomic E-state index is 13.8. The molecule has 200 valence electrons. The molecule has 0 atom stereocenters. The first-order valence-corrected chi connectivity index (χ1v) is 14.5. The number of benzene rings is 2. The van der Waals surface area contributed by atoms with Gasteiger partial charge in [-0.3, -0.25) is 9.59 Å². The maximum Gasteiger partial charge on any atom is 0.277 e. The average Bonchev–Trinajstić information content (AvgIpc) is 3.28. The highest BCUT2D eigenvalue weighted by molar-refractivity contribution is 7.90. The summed E-state index contributed by atoms with van der Waals surface area (Å²) in [5, 5.41) is 4.32. The number of amides is 2. The zero-order valence-electron chi connectivity index (χ0n) is 22.1. The van der Waals surface area contributed by atoms with Gasteiger partial charge >= 0.3 is 0 Å². The van der Waals surface area contributed by atoms with Gasteiger partial charge in [0, 0.05) is 50.0 Å². The van der Waals surface area contributed by atoms with Crippen LogP contribution in [0.2, 0.25) is 0 Å². The molecule has 10 heteroatoms. The summed E-state index contributed by atoms with van der Waals surface area (Å²) in [7, 11) is -0.246. The van der Waals surface area contributed by atoms with Gasteiger partial charge in [-0.1, -0.05) is 18.6 Å². The number of hydrogen-bond acceptors (Lipinski definition) is 6. The molecule has 1 saturated carbocycles. The number of nitrogens with zero attached hydrogens (tertiary/aromatic N) is 4. The Bertz CT molecular complexity index is 1490. The summed E-state index contributed by atoms with van der Waals surface area (Å²) in [6.45, 7) is 2.60. The smallest absolute Gasteiger partial charge is 0.277 e. The monoisotopic (exact) mass is 536 g/mol. The highest BCUT2D eigenvalue weighted by Gasteiger charge is 2.40. The molecule has 2 aliphatic rings. The number of anilines is 1. The fourth-order valence-electron chi connectivity index (χ4n) is 5.48. The molecule has 5 rings (SSSR count). The van der Waals surface area contributed by atoms with E-state index >= 15 is 0 Å². The summed E-state index contributed by atoms with van der Waals surface area (Å²) in [6, 6.07) is 15.0. The van der Waals surface area contributed by atoms with Crippen LogP contribution in [0.4, 0.5) is 5.69 Å². The van der Waals surface area contributed by atoms with Crippen molar-refractivity contribution in [1.29, 1.82) is 0 Å². The van der Waals surface area contributed by atoms with Crippen LogP contribution < -0.4 is 9.64 Å². The van der Waals surface area contributed by atoms with Gasteiger partial charge in [0.2, 0.25) is 5.91 Å². The number of sulfone groups is 1. The molecule has 1 aliphatic carbocycles. The Balaban J connectivity index is 1.49. The molecule has 0 spiro atoms. The van der Waals surface area contributed by atoms with Gasteiger partial charge in [-0.2, -0.15) is 5.10 Å². The lowest BCUT2D eigenvalue weighted by Crippen LogP contribution is -2.45. The number of ether oxygens (including phenoxy) is 1. The van der Waals surface area contributed by atoms with Crippen molar-refractivity contribution in [2.75, 3.05) is 38.4 Å². The van der Waals surface area contributed by atoms with Gasteiger partial charge in [-0.05, 0) is 61.2 Å². The molecule has 0 saturated heterocycles. The number of aromatic nitrogens is 2. The summed E-state index contributed by atoms with van der Waals surface area (Å²) >= 11 is 0. The van der Waals surface area contributed by atoms with Crippen molar-refractivity contribution in [2.45, 2.75) is 43.0 Å². The predicted molar refractivity (Wildman–Crippen MR) is 144 cm³/mol. The van der Waals surface area contributed by atoms with Crippen LogP contribution in [0.5, 0.6) is 5.75 Å². The lowest BCUT2D eigenvalue weighted by molar-refractivity contribution is -0.128. The summed E-state index contributed by atoms with van der Waals surface area (Å²) in [5.41, 5.74) is 3.11. The minimum absolute atomic E-state index is 0.0459. The molecule has 38 heavy (non-hydrogen) atoms. The molecule has 2 aromatic carbocycles. The molecule has 9 nitrogen and oxygen atoms in total. The minimum Gasteiger partial charge on any atom is -0.497 e.